The second-order valence-electron chi connectivity index (χ2n) is 4.21. The number of carboxylic acids is 1. The molecule has 2 aromatic rings. The summed E-state index contributed by atoms with van der Waals surface area (Å²) in [6.07, 6.45) is 3.57. The highest BCUT2D eigenvalue weighted by Crippen LogP contribution is 2.25. The lowest BCUT2D eigenvalue weighted by Gasteiger charge is -2.12. The minimum absolute atomic E-state index is 0.191. The van der Waals surface area contributed by atoms with Crippen LogP contribution in [-0.2, 0) is 6.61 Å². The lowest BCUT2D eigenvalue weighted by atomic mass is 10.1. The molecule has 1 N–H and O–H groups in total. The fraction of sp³-hybridized carbons (Fsp3) is 0.200. The molecule has 0 aliphatic rings. The van der Waals surface area contributed by atoms with Gasteiger partial charge in [-0.3, -0.25) is 0 Å². The van der Waals surface area contributed by atoms with Crippen LogP contribution in [-0.4, -0.2) is 22.3 Å². The fourth-order valence-electron chi connectivity index (χ4n) is 1.87. The largest absolute Gasteiger partial charge is 0.478 e. The van der Waals surface area contributed by atoms with Gasteiger partial charge in [-0.05, 0) is 31.4 Å². The molecule has 1 aromatic carbocycles. The fourth-order valence-corrected chi connectivity index (χ4v) is 2.50. The number of pyridine rings is 1. The van der Waals surface area contributed by atoms with Gasteiger partial charge >= 0.3 is 5.97 Å². The van der Waals surface area contributed by atoms with Crippen molar-refractivity contribution in [3.8, 4) is 5.88 Å². The lowest BCUT2D eigenvalue weighted by Crippen LogP contribution is -2.08. The van der Waals surface area contributed by atoms with Crippen LogP contribution in [0.15, 0.2) is 41.4 Å². The van der Waals surface area contributed by atoms with Crippen molar-refractivity contribution in [2.75, 3.05) is 6.26 Å². The molecule has 1 aromatic heterocycles. The van der Waals surface area contributed by atoms with Crippen molar-refractivity contribution in [2.45, 2.75) is 18.4 Å². The third kappa shape index (κ3) is 3.11. The number of carboxylic acid groups (broad SMARTS) is 1. The molecule has 0 saturated heterocycles. The van der Waals surface area contributed by atoms with Crippen molar-refractivity contribution in [1.82, 2.24) is 4.98 Å². The quantitative estimate of drug-likeness (QED) is 0.855. The standard InChI is InChI=1S/C15H15NO3S/c1-10-5-4-8-16-14(10)19-9-12-11(15(17)18)6-3-7-13(12)20-2/h3-8H,9H2,1-2H3,(H,17,18). The number of nitrogens with zero attached hydrogens (tertiary/aromatic N) is 1. The first-order chi connectivity index (χ1) is 9.63. The van der Waals surface area contributed by atoms with Crippen molar-refractivity contribution < 1.29 is 14.6 Å². The zero-order chi connectivity index (χ0) is 14.5. The molecule has 4 nitrogen and oxygen atoms in total. The van der Waals surface area contributed by atoms with E-state index in [0.29, 0.717) is 11.4 Å². The third-order valence-electron chi connectivity index (χ3n) is 2.90. The first-order valence-electron chi connectivity index (χ1n) is 6.07. The minimum Gasteiger partial charge on any atom is -0.478 e. The summed E-state index contributed by atoms with van der Waals surface area (Å²) in [6, 6.07) is 8.96. The number of aryl methyl sites for hydroxylation is 1. The molecular formula is C15H15NO3S. The van der Waals surface area contributed by atoms with Gasteiger partial charge in [0.2, 0.25) is 5.88 Å². The number of aromatic carboxylic acids is 1. The van der Waals surface area contributed by atoms with Crippen molar-refractivity contribution in [3.05, 3.63) is 53.2 Å². The highest BCUT2D eigenvalue weighted by atomic mass is 32.2. The summed E-state index contributed by atoms with van der Waals surface area (Å²) in [6.45, 7) is 2.09. The van der Waals surface area contributed by atoms with Crippen molar-refractivity contribution >= 4 is 17.7 Å². The van der Waals surface area contributed by atoms with Crippen LogP contribution >= 0.6 is 11.8 Å². The van der Waals surface area contributed by atoms with E-state index in [9.17, 15) is 9.90 Å². The summed E-state index contributed by atoms with van der Waals surface area (Å²) in [4.78, 5) is 16.3. The predicted octanol–water partition coefficient (Wildman–Crippen LogP) is 3.39. The molecule has 20 heavy (non-hydrogen) atoms. The monoisotopic (exact) mass is 289 g/mol. The summed E-state index contributed by atoms with van der Waals surface area (Å²) in [5.74, 6) is -0.419. The number of rotatable bonds is 5. The van der Waals surface area contributed by atoms with E-state index < -0.39 is 5.97 Å². The van der Waals surface area contributed by atoms with Crippen LogP contribution in [0.3, 0.4) is 0 Å². The summed E-state index contributed by atoms with van der Waals surface area (Å²) >= 11 is 1.50. The molecule has 0 unspecified atom stereocenters. The Morgan fingerprint density at radius 2 is 2.15 bits per heavy atom. The molecule has 5 heteroatoms. The average molecular weight is 289 g/mol. The molecular weight excluding hydrogens is 274 g/mol. The molecule has 0 saturated carbocycles. The molecule has 0 spiro atoms. The van der Waals surface area contributed by atoms with E-state index in [-0.39, 0.29) is 12.2 Å². The predicted molar refractivity (Wildman–Crippen MR) is 78.5 cm³/mol. The Labute approximate surface area is 121 Å². The Bertz CT molecular complexity index is 628. The molecule has 0 radical (unpaired) electrons. The molecule has 0 atom stereocenters. The van der Waals surface area contributed by atoms with Gasteiger partial charge in [0.25, 0.3) is 0 Å². The van der Waals surface area contributed by atoms with Gasteiger partial charge in [0, 0.05) is 22.2 Å². The van der Waals surface area contributed by atoms with Crippen LogP contribution < -0.4 is 4.74 Å². The second kappa shape index (κ2) is 6.43. The van der Waals surface area contributed by atoms with Crippen LogP contribution in [0.2, 0.25) is 0 Å². The van der Waals surface area contributed by atoms with E-state index in [4.69, 9.17) is 4.74 Å². The number of hydrogen-bond acceptors (Lipinski definition) is 4. The summed E-state index contributed by atoms with van der Waals surface area (Å²) in [5.41, 5.74) is 1.87. The van der Waals surface area contributed by atoms with Gasteiger partial charge in [0.15, 0.2) is 0 Å². The van der Waals surface area contributed by atoms with Crippen molar-refractivity contribution in [2.24, 2.45) is 0 Å². The Hall–Kier alpha value is -2.01. The van der Waals surface area contributed by atoms with E-state index in [1.165, 1.54) is 11.8 Å². The number of ether oxygens (including phenoxy) is 1. The number of benzene rings is 1. The highest BCUT2D eigenvalue weighted by molar-refractivity contribution is 7.98. The topological polar surface area (TPSA) is 59.4 Å². The molecule has 0 aliphatic heterocycles. The lowest BCUT2D eigenvalue weighted by molar-refractivity contribution is 0.0693. The van der Waals surface area contributed by atoms with Gasteiger partial charge < -0.3 is 9.84 Å². The van der Waals surface area contributed by atoms with Crippen molar-refractivity contribution in [1.29, 1.82) is 0 Å². The molecule has 0 aliphatic carbocycles. The maximum Gasteiger partial charge on any atom is 0.336 e. The van der Waals surface area contributed by atoms with Crippen LogP contribution in [0.5, 0.6) is 5.88 Å². The van der Waals surface area contributed by atoms with E-state index in [0.717, 1.165) is 10.5 Å². The van der Waals surface area contributed by atoms with Crippen LogP contribution in [0.4, 0.5) is 0 Å². The van der Waals surface area contributed by atoms with Crippen molar-refractivity contribution in [3.63, 3.8) is 0 Å². The summed E-state index contributed by atoms with van der Waals surface area (Å²) in [5, 5.41) is 9.26. The van der Waals surface area contributed by atoms with Crippen LogP contribution in [0.25, 0.3) is 0 Å². The smallest absolute Gasteiger partial charge is 0.336 e. The minimum atomic E-state index is -0.947. The number of carbonyl (C=O) groups is 1. The van der Waals surface area contributed by atoms with Gasteiger partial charge in [-0.1, -0.05) is 12.1 Å². The number of thioether (sulfide) groups is 1. The molecule has 1 heterocycles. The molecule has 104 valence electrons. The molecule has 0 amide bonds. The zero-order valence-corrected chi connectivity index (χ0v) is 12.1. The van der Waals surface area contributed by atoms with Gasteiger partial charge in [-0.15, -0.1) is 11.8 Å². The maximum atomic E-state index is 11.3. The number of aromatic nitrogens is 1. The van der Waals surface area contributed by atoms with Crippen LogP contribution in [0, 0.1) is 6.92 Å². The summed E-state index contributed by atoms with van der Waals surface area (Å²) < 4.78 is 5.67. The molecule has 0 fully saturated rings. The van der Waals surface area contributed by atoms with Crippen LogP contribution in [0.1, 0.15) is 21.5 Å². The zero-order valence-electron chi connectivity index (χ0n) is 11.3. The van der Waals surface area contributed by atoms with E-state index in [1.54, 1.807) is 18.3 Å². The Balaban J connectivity index is 2.29. The maximum absolute atomic E-state index is 11.3. The normalized spacial score (nSPS) is 10.3. The Morgan fingerprint density at radius 3 is 2.80 bits per heavy atom. The first-order valence-corrected chi connectivity index (χ1v) is 7.29. The van der Waals surface area contributed by atoms with E-state index >= 15 is 0 Å². The second-order valence-corrected chi connectivity index (χ2v) is 5.05. The summed E-state index contributed by atoms with van der Waals surface area (Å²) in [7, 11) is 0. The van der Waals surface area contributed by atoms with E-state index in [1.807, 2.05) is 31.4 Å². The molecule has 2 rings (SSSR count). The molecule has 0 bridgehead atoms. The Morgan fingerprint density at radius 1 is 1.35 bits per heavy atom. The highest BCUT2D eigenvalue weighted by Gasteiger charge is 2.14. The Kier molecular flexibility index (Phi) is 4.63. The van der Waals surface area contributed by atoms with Gasteiger partial charge in [0.05, 0.1) is 5.56 Å². The van der Waals surface area contributed by atoms with E-state index in [2.05, 4.69) is 4.98 Å². The average Bonchev–Trinajstić information content (AvgIpc) is 2.46. The van der Waals surface area contributed by atoms with Gasteiger partial charge in [0.1, 0.15) is 6.61 Å². The van der Waals surface area contributed by atoms with Gasteiger partial charge in [-0.25, -0.2) is 9.78 Å². The first kappa shape index (κ1) is 14.4. The number of hydrogen-bond donors (Lipinski definition) is 1. The third-order valence-corrected chi connectivity index (χ3v) is 3.72. The van der Waals surface area contributed by atoms with Gasteiger partial charge in [-0.2, -0.15) is 0 Å². The SMILES string of the molecule is CSc1cccc(C(=O)O)c1COc1ncccc1C.